The molecule has 0 saturated carbocycles. The Kier molecular flexibility index (Phi) is 5.18. The maximum absolute atomic E-state index is 12.0. The number of nitrogens with zero attached hydrogens (tertiary/aromatic N) is 2. The smallest absolute Gasteiger partial charge is 0.328 e. The molecule has 0 aliphatic carbocycles. The van der Waals surface area contributed by atoms with Crippen LogP contribution in [0.15, 0.2) is 23.2 Å². The average Bonchev–Trinajstić information content (AvgIpc) is 2.26. The SMILES string of the molecule is Cc1cccc(Cl)c1N(C)C(=O)NC(N)=NC(C)C. The van der Waals surface area contributed by atoms with Gasteiger partial charge in [-0.1, -0.05) is 23.7 Å². The van der Waals surface area contributed by atoms with Crippen LogP contribution in [0, 0.1) is 6.92 Å². The van der Waals surface area contributed by atoms with Crippen molar-refractivity contribution in [3.63, 3.8) is 0 Å². The van der Waals surface area contributed by atoms with Crippen LogP contribution in [0.1, 0.15) is 19.4 Å². The van der Waals surface area contributed by atoms with E-state index in [4.69, 9.17) is 17.3 Å². The Hall–Kier alpha value is -1.75. The van der Waals surface area contributed by atoms with E-state index >= 15 is 0 Å². The first-order chi connectivity index (χ1) is 8.82. The molecular formula is C13H19ClN4O. The van der Waals surface area contributed by atoms with Gasteiger partial charge in [0.2, 0.25) is 0 Å². The first kappa shape index (κ1) is 15.3. The van der Waals surface area contributed by atoms with E-state index < -0.39 is 0 Å². The number of anilines is 1. The predicted octanol–water partition coefficient (Wildman–Crippen LogP) is 2.52. The molecule has 0 saturated heterocycles. The summed E-state index contributed by atoms with van der Waals surface area (Å²) in [7, 11) is 1.63. The molecule has 5 nitrogen and oxygen atoms in total. The Balaban J connectivity index is 2.89. The van der Waals surface area contributed by atoms with E-state index in [1.54, 1.807) is 13.1 Å². The van der Waals surface area contributed by atoms with Gasteiger partial charge in [0.1, 0.15) is 0 Å². The fourth-order valence-corrected chi connectivity index (χ4v) is 2.00. The van der Waals surface area contributed by atoms with Gasteiger partial charge in [-0.15, -0.1) is 0 Å². The number of benzene rings is 1. The van der Waals surface area contributed by atoms with E-state index in [2.05, 4.69) is 10.3 Å². The molecule has 0 unspecified atom stereocenters. The minimum absolute atomic E-state index is 0.0210. The van der Waals surface area contributed by atoms with Crippen molar-refractivity contribution >= 4 is 29.3 Å². The second-order valence-electron chi connectivity index (χ2n) is 4.50. The zero-order chi connectivity index (χ0) is 14.6. The van der Waals surface area contributed by atoms with Gasteiger partial charge in [0.25, 0.3) is 0 Å². The fourth-order valence-electron chi connectivity index (χ4n) is 1.65. The van der Waals surface area contributed by atoms with Gasteiger partial charge < -0.3 is 5.73 Å². The first-order valence-electron chi connectivity index (χ1n) is 5.96. The lowest BCUT2D eigenvalue weighted by molar-refractivity contribution is 0.251. The van der Waals surface area contributed by atoms with E-state index in [-0.39, 0.29) is 18.0 Å². The second kappa shape index (κ2) is 6.43. The van der Waals surface area contributed by atoms with Gasteiger partial charge in [0.05, 0.1) is 10.7 Å². The predicted molar refractivity (Wildman–Crippen MR) is 79.9 cm³/mol. The molecule has 0 aliphatic rings. The molecule has 1 aromatic rings. The number of urea groups is 1. The van der Waals surface area contributed by atoms with Crippen LogP contribution in [0.5, 0.6) is 0 Å². The molecule has 104 valence electrons. The summed E-state index contributed by atoms with van der Waals surface area (Å²) in [6.07, 6.45) is 0. The molecule has 0 spiro atoms. The van der Waals surface area contributed by atoms with Gasteiger partial charge in [0.15, 0.2) is 5.96 Å². The standard InChI is InChI=1S/C13H19ClN4O/c1-8(2)16-12(15)17-13(19)18(4)11-9(3)6-5-7-10(11)14/h5-8H,1-4H3,(H3,15,16,17,19). The number of amides is 2. The van der Waals surface area contributed by atoms with Crippen LogP contribution in [0.4, 0.5) is 10.5 Å². The third-order valence-electron chi connectivity index (χ3n) is 2.46. The van der Waals surface area contributed by atoms with E-state index in [1.807, 2.05) is 32.9 Å². The maximum atomic E-state index is 12.0. The number of rotatable bonds is 2. The van der Waals surface area contributed by atoms with Crippen molar-refractivity contribution in [3.8, 4) is 0 Å². The van der Waals surface area contributed by atoms with E-state index in [0.717, 1.165) is 5.56 Å². The summed E-state index contributed by atoms with van der Waals surface area (Å²) >= 11 is 6.11. The Bertz CT molecular complexity index is 479. The quantitative estimate of drug-likeness (QED) is 0.646. The molecule has 6 heteroatoms. The average molecular weight is 283 g/mol. The number of aryl methyl sites for hydroxylation is 1. The van der Waals surface area contributed by atoms with Crippen LogP contribution in [0.2, 0.25) is 5.02 Å². The van der Waals surface area contributed by atoms with Crippen molar-refractivity contribution in [2.45, 2.75) is 26.8 Å². The van der Waals surface area contributed by atoms with Gasteiger partial charge in [-0.3, -0.25) is 15.2 Å². The van der Waals surface area contributed by atoms with Crippen molar-refractivity contribution in [1.29, 1.82) is 0 Å². The van der Waals surface area contributed by atoms with E-state index in [1.165, 1.54) is 4.90 Å². The highest BCUT2D eigenvalue weighted by Crippen LogP contribution is 2.28. The van der Waals surface area contributed by atoms with Crippen LogP contribution < -0.4 is 16.0 Å². The third-order valence-corrected chi connectivity index (χ3v) is 2.77. The van der Waals surface area contributed by atoms with Crippen LogP contribution >= 0.6 is 11.6 Å². The van der Waals surface area contributed by atoms with E-state index in [0.29, 0.717) is 10.7 Å². The third kappa shape index (κ3) is 4.13. The van der Waals surface area contributed by atoms with Crippen LogP contribution in [0.3, 0.4) is 0 Å². The molecule has 1 rings (SSSR count). The minimum Gasteiger partial charge on any atom is -0.370 e. The number of para-hydroxylation sites is 1. The number of nitrogens with two attached hydrogens (primary N) is 1. The number of carbonyl (C=O) groups is 1. The second-order valence-corrected chi connectivity index (χ2v) is 4.91. The number of nitrogens with one attached hydrogen (secondary N) is 1. The Morgan fingerprint density at radius 3 is 2.63 bits per heavy atom. The number of guanidine groups is 1. The lowest BCUT2D eigenvalue weighted by atomic mass is 10.2. The first-order valence-corrected chi connectivity index (χ1v) is 6.33. The van der Waals surface area contributed by atoms with Crippen molar-refractivity contribution in [1.82, 2.24) is 5.32 Å². The number of aliphatic imine (C=N–C) groups is 1. The molecule has 0 radical (unpaired) electrons. The molecule has 0 atom stereocenters. The van der Waals surface area contributed by atoms with Gasteiger partial charge in [-0.25, -0.2) is 4.79 Å². The molecule has 1 aromatic carbocycles. The highest BCUT2D eigenvalue weighted by atomic mass is 35.5. The topological polar surface area (TPSA) is 70.7 Å². The molecule has 0 heterocycles. The molecule has 3 N–H and O–H groups in total. The van der Waals surface area contributed by atoms with Crippen molar-refractivity contribution in [2.24, 2.45) is 10.7 Å². The summed E-state index contributed by atoms with van der Waals surface area (Å²) in [6.45, 7) is 5.64. The molecular weight excluding hydrogens is 264 g/mol. The summed E-state index contributed by atoms with van der Waals surface area (Å²) in [5.74, 6) is 0.0940. The summed E-state index contributed by atoms with van der Waals surface area (Å²) in [4.78, 5) is 17.5. The summed E-state index contributed by atoms with van der Waals surface area (Å²) < 4.78 is 0. The van der Waals surface area contributed by atoms with Gasteiger partial charge >= 0.3 is 6.03 Å². The molecule has 0 fully saturated rings. The minimum atomic E-state index is -0.377. The Labute approximate surface area is 118 Å². The van der Waals surface area contributed by atoms with Crippen LogP contribution in [-0.2, 0) is 0 Å². The van der Waals surface area contributed by atoms with E-state index in [9.17, 15) is 4.79 Å². The normalized spacial score (nSPS) is 11.6. The number of carbonyl (C=O) groups excluding carboxylic acids is 1. The summed E-state index contributed by atoms with van der Waals surface area (Å²) in [5, 5.41) is 3.03. The molecule has 0 aromatic heterocycles. The highest BCUT2D eigenvalue weighted by Gasteiger charge is 2.16. The van der Waals surface area contributed by atoms with Crippen LogP contribution in [-0.4, -0.2) is 25.1 Å². The zero-order valence-corrected chi connectivity index (χ0v) is 12.3. The Morgan fingerprint density at radius 2 is 2.11 bits per heavy atom. The monoisotopic (exact) mass is 282 g/mol. The van der Waals surface area contributed by atoms with Crippen molar-refractivity contribution in [3.05, 3.63) is 28.8 Å². The summed E-state index contributed by atoms with van der Waals surface area (Å²) in [6, 6.07) is 5.10. The fraction of sp³-hybridized carbons (Fsp3) is 0.385. The lowest BCUT2D eigenvalue weighted by Crippen LogP contribution is -2.45. The zero-order valence-electron chi connectivity index (χ0n) is 11.6. The van der Waals surface area contributed by atoms with Gasteiger partial charge in [0, 0.05) is 13.1 Å². The molecule has 0 bridgehead atoms. The Morgan fingerprint density at radius 1 is 1.47 bits per heavy atom. The van der Waals surface area contributed by atoms with Crippen molar-refractivity contribution < 1.29 is 4.79 Å². The molecule has 2 amide bonds. The number of hydrogen-bond donors (Lipinski definition) is 2. The number of halogens is 1. The summed E-state index contributed by atoms with van der Waals surface area (Å²) in [5.41, 5.74) is 7.18. The molecule has 0 aliphatic heterocycles. The lowest BCUT2D eigenvalue weighted by Gasteiger charge is -2.21. The van der Waals surface area contributed by atoms with Gasteiger partial charge in [-0.05, 0) is 32.4 Å². The number of hydrogen-bond acceptors (Lipinski definition) is 2. The van der Waals surface area contributed by atoms with Gasteiger partial charge in [-0.2, -0.15) is 0 Å². The van der Waals surface area contributed by atoms with Crippen LogP contribution in [0.25, 0.3) is 0 Å². The molecule has 19 heavy (non-hydrogen) atoms. The van der Waals surface area contributed by atoms with Crippen molar-refractivity contribution in [2.75, 3.05) is 11.9 Å². The highest BCUT2D eigenvalue weighted by molar-refractivity contribution is 6.34. The maximum Gasteiger partial charge on any atom is 0.328 e. The largest absolute Gasteiger partial charge is 0.370 e.